The maximum atomic E-state index is 13.5. The van der Waals surface area contributed by atoms with Crippen LogP contribution in [0.15, 0.2) is 54.7 Å². The molecule has 3 aromatic carbocycles. The highest BCUT2D eigenvalue weighted by Gasteiger charge is 2.15. The lowest BCUT2D eigenvalue weighted by Gasteiger charge is -2.10. The van der Waals surface area contributed by atoms with Crippen LogP contribution < -0.4 is 9.47 Å². The van der Waals surface area contributed by atoms with E-state index in [2.05, 4.69) is 0 Å². The summed E-state index contributed by atoms with van der Waals surface area (Å²) in [6.07, 6.45) is 8.04. The van der Waals surface area contributed by atoms with Crippen LogP contribution in [0.4, 0.5) is 8.78 Å². The molecule has 0 aliphatic rings. The molecule has 0 spiro atoms. The predicted molar refractivity (Wildman–Crippen MR) is 162 cm³/mol. The highest BCUT2D eigenvalue weighted by molar-refractivity contribution is 6.32. The summed E-state index contributed by atoms with van der Waals surface area (Å²) in [4.78, 5) is 22.6. The number of carbonyl (C=O) groups is 2. The van der Waals surface area contributed by atoms with Crippen molar-refractivity contribution in [2.75, 3.05) is 13.2 Å². The summed E-state index contributed by atoms with van der Waals surface area (Å²) in [7, 11) is 0. The van der Waals surface area contributed by atoms with Gasteiger partial charge in [0.25, 0.3) is 0 Å². The van der Waals surface area contributed by atoms with E-state index in [0.717, 1.165) is 39.2 Å². The number of unbranched alkanes of at least 4 members (excludes halogenated alkanes) is 1. The zero-order valence-electron chi connectivity index (χ0n) is 23.6. The predicted octanol–water partition coefficient (Wildman–Crippen LogP) is 7.78. The van der Waals surface area contributed by atoms with Gasteiger partial charge in [0.05, 0.1) is 18.7 Å². The number of ether oxygens (including phenoxy) is 2. The lowest BCUT2D eigenvalue weighted by Crippen LogP contribution is -2.08. The van der Waals surface area contributed by atoms with Gasteiger partial charge >= 0.3 is 11.9 Å². The van der Waals surface area contributed by atoms with Gasteiger partial charge in [-0.15, -0.1) is 0 Å². The van der Waals surface area contributed by atoms with E-state index in [0.29, 0.717) is 44.1 Å². The van der Waals surface area contributed by atoms with E-state index in [4.69, 9.17) is 26.2 Å². The normalized spacial score (nSPS) is 11.3. The maximum absolute atomic E-state index is 13.5. The summed E-state index contributed by atoms with van der Waals surface area (Å²) in [6, 6.07) is 13.2. The number of halogens is 3. The highest BCUT2D eigenvalue weighted by Crippen LogP contribution is 2.31. The van der Waals surface area contributed by atoms with Crippen LogP contribution in [-0.2, 0) is 22.6 Å². The van der Waals surface area contributed by atoms with Crippen molar-refractivity contribution in [2.24, 2.45) is 0 Å². The minimum atomic E-state index is -0.958. The Balaban J connectivity index is 1.37. The standard InChI is InChI=1S/C33H32ClF2NO6/c1-21-7-13-27-23(5-4-6-30(38)39)19-37(20-31(40)41)33(27)26(21)14-10-22-8-11-25(12-9-22)42-15-2-3-16-43-29-18-24(35)17-28(36)32(29)34/h7-14,17-19H,2-6,15-16,20H2,1H3,(H,38,39)(H,40,41)/b14-10+. The van der Waals surface area contributed by atoms with E-state index >= 15 is 0 Å². The Morgan fingerprint density at radius 1 is 0.930 bits per heavy atom. The number of hydrogen-bond acceptors (Lipinski definition) is 4. The van der Waals surface area contributed by atoms with Gasteiger partial charge in [0, 0.05) is 35.7 Å². The molecule has 4 rings (SSSR count). The first kappa shape index (κ1) is 31.6. The lowest BCUT2D eigenvalue weighted by atomic mass is 10.00. The van der Waals surface area contributed by atoms with Crippen LogP contribution in [0.2, 0.25) is 5.02 Å². The molecule has 43 heavy (non-hydrogen) atoms. The molecule has 0 saturated heterocycles. The van der Waals surface area contributed by atoms with Crippen molar-refractivity contribution in [3.05, 3.63) is 93.6 Å². The molecule has 226 valence electrons. The summed E-state index contributed by atoms with van der Waals surface area (Å²) in [5.41, 5.74) is 4.53. The van der Waals surface area contributed by atoms with Gasteiger partial charge in [0.15, 0.2) is 0 Å². The largest absolute Gasteiger partial charge is 0.494 e. The Labute approximate surface area is 252 Å². The SMILES string of the molecule is Cc1ccc2c(CCCC(=O)O)cn(CC(=O)O)c2c1/C=C/c1ccc(OCCCCOc2cc(F)cc(F)c2Cl)cc1. The van der Waals surface area contributed by atoms with Gasteiger partial charge in [-0.3, -0.25) is 9.59 Å². The highest BCUT2D eigenvalue weighted by atomic mass is 35.5. The second-order valence-electron chi connectivity index (χ2n) is 10.1. The molecule has 1 aromatic heterocycles. The first-order chi connectivity index (χ1) is 20.6. The molecular weight excluding hydrogens is 580 g/mol. The van der Waals surface area contributed by atoms with Crippen LogP contribution in [0.3, 0.4) is 0 Å². The van der Waals surface area contributed by atoms with Gasteiger partial charge < -0.3 is 24.3 Å². The molecule has 2 N–H and O–H groups in total. The molecule has 0 aliphatic carbocycles. The molecule has 10 heteroatoms. The topological polar surface area (TPSA) is 98.0 Å². The van der Waals surface area contributed by atoms with Crippen LogP contribution in [-0.4, -0.2) is 39.9 Å². The summed E-state index contributed by atoms with van der Waals surface area (Å²) >= 11 is 5.80. The first-order valence-corrected chi connectivity index (χ1v) is 14.2. The summed E-state index contributed by atoms with van der Waals surface area (Å²) in [6.45, 7) is 2.44. The van der Waals surface area contributed by atoms with E-state index in [1.54, 1.807) is 4.57 Å². The fourth-order valence-electron chi connectivity index (χ4n) is 4.78. The van der Waals surface area contributed by atoms with Gasteiger partial charge in [-0.25, -0.2) is 8.78 Å². The number of hydrogen-bond donors (Lipinski definition) is 2. The van der Waals surface area contributed by atoms with Crippen LogP contribution in [0.1, 0.15) is 47.9 Å². The van der Waals surface area contributed by atoms with Gasteiger partial charge in [-0.1, -0.05) is 48.0 Å². The second kappa shape index (κ2) is 14.7. The van der Waals surface area contributed by atoms with E-state index in [-0.39, 0.29) is 30.3 Å². The lowest BCUT2D eigenvalue weighted by molar-refractivity contribution is -0.138. The maximum Gasteiger partial charge on any atom is 0.323 e. The molecule has 0 atom stereocenters. The molecule has 0 bridgehead atoms. The van der Waals surface area contributed by atoms with Gasteiger partial charge in [0.2, 0.25) is 0 Å². The number of fused-ring (bicyclic) bond motifs is 1. The number of carboxylic acid groups (broad SMARTS) is 2. The van der Waals surface area contributed by atoms with Gasteiger partial charge in [-0.2, -0.15) is 0 Å². The molecule has 4 aromatic rings. The number of nitrogens with zero attached hydrogens (tertiary/aromatic N) is 1. The minimum absolute atomic E-state index is 0.0265. The Morgan fingerprint density at radius 2 is 1.65 bits per heavy atom. The minimum Gasteiger partial charge on any atom is -0.494 e. The van der Waals surface area contributed by atoms with Crippen molar-refractivity contribution in [2.45, 2.75) is 45.6 Å². The first-order valence-electron chi connectivity index (χ1n) is 13.9. The van der Waals surface area contributed by atoms with Crippen molar-refractivity contribution in [3.63, 3.8) is 0 Å². The molecule has 1 heterocycles. The number of aryl methyl sites for hydroxylation is 2. The number of aliphatic carboxylic acids is 2. The molecular formula is C33H32ClF2NO6. The smallest absolute Gasteiger partial charge is 0.323 e. The Morgan fingerprint density at radius 3 is 2.35 bits per heavy atom. The van der Waals surface area contributed by atoms with E-state index in [9.17, 15) is 23.5 Å². The van der Waals surface area contributed by atoms with Crippen LogP contribution in [0, 0.1) is 18.6 Å². The summed E-state index contributed by atoms with van der Waals surface area (Å²) in [5, 5.41) is 19.2. The summed E-state index contributed by atoms with van der Waals surface area (Å²) < 4.78 is 39.8. The van der Waals surface area contributed by atoms with E-state index in [1.807, 2.05) is 61.7 Å². The number of carboxylic acids is 2. The molecule has 0 fully saturated rings. The van der Waals surface area contributed by atoms with Crippen molar-refractivity contribution in [3.8, 4) is 11.5 Å². The molecule has 0 amide bonds. The van der Waals surface area contributed by atoms with Gasteiger partial charge in [0.1, 0.15) is 34.7 Å². The number of aromatic nitrogens is 1. The molecule has 0 saturated carbocycles. The molecule has 0 unspecified atom stereocenters. The molecule has 0 radical (unpaired) electrons. The van der Waals surface area contributed by atoms with E-state index < -0.39 is 23.6 Å². The van der Waals surface area contributed by atoms with Crippen LogP contribution in [0.5, 0.6) is 11.5 Å². The number of rotatable bonds is 15. The Kier molecular flexibility index (Phi) is 10.8. The summed E-state index contributed by atoms with van der Waals surface area (Å²) in [5.74, 6) is -2.77. The van der Waals surface area contributed by atoms with Crippen LogP contribution >= 0.6 is 11.6 Å². The fourth-order valence-corrected chi connectivity index (χ4v) is 4.94. The van der Waals surface area contributed by atoms with Crippen molar-refractivity contribution < 1.29 is 38.1 Å². The van der Waals surface area contributed by atoms with Crippen molar-refractivity contribution in [1.29, 1.82) is 0 Å². The monoisotopic (exact) mass is 611 g/mol. The Hall–Kier alpha value is -4.37. The van der Waals surface area contributed by atoms with E-state index in [1.165, 1.54) is 0 Å². The average Bonchev–Trinajstić information content (AvgIpc) is 3.29. The fraction of sp³-hybridized carbons (Fsp3) is 0.273. The number of benzene rings is 3. The zero-order valence-corrected chi connectivity index (χ0v) is 24.4. The van der Waals surface area contributed by atoms with Gasteiger partial charge in [-0.05, 0) is 61.4 Å². The van der Waals surface area contributed by atoms with Crippen molar-refractivity contribution >= 4 is 46.6 Å². The third-order valence-electron chi connectivity index (χ3n) is 6.87. The van der Waals surface area contributed by atoms with Crippen molar-refractivity contribution in [1.82, 2.24) is 4.57 Å². The average molecular weight is 612 g/mol. The zero-order chi connectivity index (χ0) is 30.9. The second-order valence-corrected chi connectivity index (χ2v) is 10.5. The molecule has 7 nitrogen and oxygen atoms in total. The Bertz CT molecular complexity index is 1630. The molecule has 0 aliphatic heterocycles. The van der Waals surface area contributed by atoms with Crippen LogP contribution in [0.25, 0.3) is 23.1 Å². The third kappa shape index (κ3) is 8.58. The third-order valence-corrected chi connectivity index (χ3v) is 7.24. The quantitative estimate of drug-likeness (QED) is 0.0809.